The van der Waals surface area contributed by atoms with Crippen molar-refractivity contribution in [3.8, 4) is 0 Å². The minimum atomic E-state index is -0.475. The summed E-state index contributed by atoms with van der Waals surface area (Å²) in [4.78, 5) is 20.8. The minimum Gasteiger partial charge on any atom is -0.387 e. The first-order valence-corrected chi connectivity index (χ1v) is 11.2. The Morgan fingerprint density at radius 1 is 1.03 bits per heavy atom. The quantitative estimate of drug-likeness (QED) is 0.512. The molecule has 1 N–H and O–H groups in total. The van der Waals surface area contributed by atoms with Crippen LogP contribution in [0.3, 0.4) is 0 Å². The van der Waals surface area contributed by atoms with E-state index < -0.39 is 5.92 Å². The molecule has 4 bridgehead atoms. The van der Waals surface area contributed by atoms with Crippen molar-refractivity contribution >= 4 is 33.3 Å². The molecule has 4 heterocycles. The van der Waals surface area contributed by atoms with Crippen LogP contribution < -0.4 is 5.48 Å². The zero-order valence-corrected chi connectivity index (χ0v) is 18.7. The fourth-order valence-electron chi connectivity index (χ4n) is 5.13. The molecule has 0 saturated heterocycles. The molecule has 0 fully saturated rings. The zero-order valence-electron chi connectivity index (χ0n) is 18.7. The van der Waals surface area contributed by atoms with Gasteiger partial charge >= 0.3 is 0 Å². The maximum atomic E-state index is 13.2. The van der Waals surface area contributed by atoms with Crippen LogP contribution in [0.4, 0.5) is 0 Å². The second-order valence-corrected chi connectivity index (χ2v) is 8.94. The molecule has 7 heteroatoms. The van der Waals surface area contributed by atoms with Crippen LogP contribution in [0.15, 0.2) is 67.2 Å². The van der Waals surface area contributed by atoms with Crippen LogP contribution in [0, 0.1) is 0 Å². The number of nitrogens with zero attached hydrogens (tertiary/aromatic N) is 3. The SMILES string of the molecule is CN(C)CC1OCCn2cc(c3ccccc32)C2C(=O)NOC=C2c2cn1c1ccccc21. The number of carbonyl (C=O) groups excluding carboxylic acids is 1. The summed E-state index contributed by atoms with van der Waals surface area (Å²) in [6.07, 6.45) is 5.72. The number of nitrogens with one attached hydrogen (secondary N) is 1. The molecule has 1 amide bonds. The number of rotatable bonds is 2. The lowest BCUT2D eigenvalue weighted by molar-refractivity contribution is -0.131. The molecular weight excluding hydrogens is 416 g/mol. The topological polar surface area (TPSA) is 60.7 Å². The molecule has 7 nitrogen and oxygen atoms in total. The van der Waals surface area contributed by atoms with Crippen molar-refractivity contribution in [2.75, 3.05) is 27.2 Å². The summed E-state index contributed by atoms with van der Waals surface area (Å²) in [6, 6.07) is 16.5. The van der Waals surface area contributed by atoms with Crippen molar-refractivity contribution < 1.29 is 14.4 Å². The first kappa shape index (κ1) is 20.1. The van der Waals surface area contributed by atoms with Crippen LogP contribution in [0.1, 0.15) is 23.3 Å². The Hall–Kier alpha value is -3.55. The largest absolute Gasteiger partial charge is 0.387 e. The molecule has 2 aromatic heterocycles. The van der Waals surface area contributed by atoms with Gasteiger partial charge in [-0.3, -0.25) is 4.79 Å². The van der Waals surface area contributed by atoms with E-state index in [1.807, 2.05) is 24.3 Å². The third-order valence-electron chi connectivity index (χ3n) is 6.57. The van der Waals surface area contributed by atoms with Gasteiger partial charge in [0.15, 0.2) is 0 Å². The third kappa shape index (κ3) is 3.23. The predicted molar refractivity (Wildman–Crippen MR) is 127 cm³/mol. The fraction of sp³-hybridized carbons (Fsp3) is 0.269. The maximum Gasteiger partial charge on any atom is 0.264 e. The lowest BCUT2D eigenvalue weighted by atomic mass is 9.86. The molecule has 6 rings (SSSR count). The monoisotopic (exact) mass is 442 g/mol. The van der Waals surface area contributed by atoms with Gasteiger partial charge in [0.1, 0.15) is 12.5 Å². The van der Waals surface area contributed by atoms with Crippen molar-refractivity contribution in [3.05, 3.63) is 78.3 Å². The molecule has 168 valence electrons. The lowest BCUT2D eigenvalue weighted by Gasteiger charge is -2.25. The van der Waals surface area contributed by atoms with E-state index in [1.54, 1.807) is 6.26 Å². The highest BCUT2D eigenvalue weighted by atomic mass is 16.6. The number of likely N-dealkylation sites (N-methyl/N-ethyl adjacent to an activating group) is 1. The van der Waals surface area contributed by atoms with Gasteiger partial charge in [-0.2, -0.15) is 5.48 Å². The summed E-state index contributed by atoms with van der Waals surface area (Å²) < 4.78 is 10.9. The molecule has 2 aromatic carbocycles. The first-order valence-electron chi connectivity index (χ1n) is 11.2. The van der Waals surface area contributed by atoms with Crippen LogP contribution in [0.2, 0.25) is 0 Å². The number of hydroxylamine groups is 1. The summed E-state index contributed by atoms with van der Waals surface area (Å²) in [5.74, 6) is -0.637. The Kier molecular flexibility index (Phi) is 4.74. The van der Waals surface area contributed by atoms with Gasteiger partial charge in [0.05, 0.1) is 18.0 Å². The number of ether oxygens (including phenoxy) is 1. The Bertz CT molecular complexity index is 1400. The number of hydrogen-bond acceptors (Lipinski definition) is 4. The molecule has 2 atom stereocenters. The van der Waals surface area contributed by atoms with Gasteiger partial charge < -0.3 is 23.6 Å². The molecule has 2 unspecified atom stereocenters. The van der Waals surface area contributed by atoms with Crippen molar-refractivity contribution in [1.29, 1.82) is 0 Å². The van der Waals surface area contributed by atoms with Crippen molar-refractivity contribution in [2.24, 2.45) is 0 Å². The molecule has 33 heavy (non-hydrogen) atoms. The number of fused-ring (bicyclic) bond motifs is 13. The molecule has 0 aliphatic carbocycles. The summed E-state index contributed by atoms with van der Waals surface area (Å²) >= 11 is 0. The van der Waals surface area contributed by atoms with Gasteiger partial charge in [-0.05, 0) is 31.8 Å². The minimum absolute atomic E-state index is 0.162. The van der Waals surface area contributed by atoms with Crippen LogP contribution in [-0.2, 0) is 20.9 Å². The van der Waals surface area contributed by atoms with Crippen LogP contribution in [0.25, 0.3) is 27.4 Å². The van der Waals surface area contributed by atoms with E-state index in [1.165, 1.54) is 0 Å². The normalized spacial score (nSPS) is 20.6. The second kappa shape index (κ2) is 7.79. The molecule has 0 saturated carbocycles. The smallest absolute Gasteiger partial charge is 0.264 e. The number of para-hydroxylation sites is 2. The molecular formula is C26H26N4O3. The Morgan fingerprint density at radius 3 is 2.61 bits per heavy atom. The Labute approximate surface area is 191 Å². The molecule has 2 aliphatic heterocycles. The molecule has 0 spiro atoms. The lowest BCUT2D eigenvalue weighted by Crippen LogP contribution is -2.32. The number of benzene rings is 2. The van der Waals surface area contributed by atoms with Crippen molar-refractivity contribution in [3.63, 3.8) is 0 Å². The van der Waals surface area contributed by atoms with Gasteiger partial charge in [0.2, 0.25) is 0 Å². The van der Waals surface area contributed by atoms with Crippen molar-refractivity contribution in [1.82, 2.24) is 19.5 Å². The zero-order chi connectivity index (χ0) is 22.5. The first-order chi connectivity index (χ1) is 16.1. The summed E-state index contributed by atoms with van der Waals surface area (Å²) in [6.45, 7) is 1.98. The maximum absolute atomic E-state index is 13.2. The van der Waals surface area contributed by atoms with Crippen LogP contribution >= 0.6 is 0 Å². The van der Waals surface area contributed by atoms with Crippen LogP contribution in [0.5, 0.6) is 0 Å². The van der Waals surface area contributed by atoms with E-state index in [2.05, 4.69) is 70.3 Å². The Balaban J connectivity index is 1.63. The number of aromatic nitrogens is 2. The van der Waals surface area contributed by atoms with Gasteiger partial charge in [0, 0.05) is 52.9 Å². The number of amides is 1. The van der Waals surface area contributed by atoms with Gasteiger partial charge in [-0.15, -0.1) is 0 Å². The van der Waals surface area contributed by atoms with Gasteiger partial charge in [0.25, 0.3) is 5.91 Å². The summed E-state index contributed by atoms with van der Waals surface area (Å²) in [7, 11) is 4.10. The Morgan fingerprint density at radius 2 is 1.79 bits per heavy atom. The van der Waals surface area contributed by atoms with E-state index in [0.29, 0.717) is 13.2 Å². The van der Waals surface area contributed by atoms with E-state index in [-0.39, 0.29) is 12.1 Å². The van der Waals surface area contributed by atoms with E-state index >= 15 is 0 Å². The average molecular weight is 443 g/mol. The van der Waals surface area contributed by atoms with E-state index in [9.17, 15) is 4.79 Å². The second-order valence-electron chi connectivity index (χ2n) is 8.94. The number of hydrogen-bond donors (Lipinski definition) is 1. The van der Waals surface area contributed by atoms with E-state index in [4.69, 9.17) is 9.57 Å². The highest BCUT2D eigenvalue weighted by Crippen LogP contribution is 2.42. The van der Waals surface area contributed by atoms with E-state index in [0.717, 1.165) is 45.1 Å². The molecule has 2 aliphatic rings. The fourth-order valence-corrected chi connectivity index (χ4v) is 5.13. The molecule has 4 aromatic rings. The third-order valence-corrected chi connectivity index (χ3v) is 6.57. The summed E-state index contributed by atoms with van der Waals surface area (Å²) in [5, 5.41) is 2.14. The predicted octanol–water partition coefficient (Wildman–Crippen LogP) is 3.87. The molecule has 0 radical (unpaired) electrons. The highest BCUT2D eigenvalue weighted by Gasteiger charge is 2.35. The van der Waals surface area contributed by atoms with Crippen molar-refractivity contribution in [2.45, 2.75) is 18.7 Å². The number of carbonyl (C=O) groups is 1. The van der Waals surface area contributed by atoms with Gasteiger partial charge in [-0.1, -0.05) is 36.4 Å². The standard InChI is InChI=1S/C26H26N4O3/c1-28(2)15-24-30-14-19(17-7-4-6-10-23(17)30)21-16-33-27-26(31)25(21)20-13-29(11-12-32-24)22-9-5-3-8-18(20)22/h3-10,13-14,16,24-25H,11-12,15H2,1-2H3,(H,27,31). The average Bonchev–Trinajstić information content (AvgIpc) is 3.37. The highest BCUT2D eigenvalue weighted by molar-refractivity contribution is 6.06. The van der Waals surface area contributed by atoms with Gasteiger partial charge in [-0.25, -0.2) is 0 Å². The summed E-state index contributed by atoms with van der Waals surface area (Å²) in [5.41, 5.74) is 7.55. The van der Waals surface area contributed by atoms with Crippen LogP contribution in [-0.4, -0.2) is 47.2 Å².